The molecule has 0 heterocycles. The second kappa shape index (κ2) is 6.76. The Bertz CT molecular complexity index is 637. The van der Waals surface area contributed by atoms with E-state index in [1.807, 2.05) is 0 Å². The van der Waals surface area contributed by atoms with Gasteiger partial charge < -0.3 is 10.5 Å². The van der Waals surface area contributed by atoms with Crippen LogP contribution in [0.15, 0.2) is 34.8 Å². The largest absolute Gasteiger partial charge is 0.456 e. The molecule has 0 atom stereocenters. The van der Waals surface area contributed by atoms with Crippen molar-refractivity contribution >= 4 is 39.1 Å². The SMILES string of the molecule is NCCc1cc(F)cc(Oc2cc(Cl)c(Br)cc2Cl)c1. The minimum Gasteiger partial charge on any atom is -0.456 e. The van der Waals surface area contributed by atoms with Crippen LogP contribution in [-0.4, -0.2) is 6.54 Å². The van der Waals surface area contributed by atoms with Crippen LogP contribution in [0.3, 0.4) is 0 Å². The Kier molecular flexibility index (Phi) is 5.27. The molecule has 2 nitrogen and oxygen atoms in total. The van der Waals surface area contributed by atoms with Crippen molar-refractivity contribution < 1.29 is 9.13 Å². The molecule has 0 aromatic heterocycles. The van der Waals surface area contributed by atoms with Crippen LogP contribution in [0.1, 0.15) is 5.56 Å². The van der Waals surface area contributed by atoms with E-state index in [2.05, 4.69) is 15.9 Å². The summed E-state index contributed by atoms with van der Waals surface area (Å²) in [4.78, 5) is 0. The summed E-state index contributed by atoms with van der Waals surface area (Å²) < 4.78 is 19.8. The topological polar surface area (TPSA) is 35.2 Å². The Balaban J connectivity index is 2.32. The predicted molar refractivity (Wildman–Crippen MR) is 83.4 cm³/mol. The zero-order valence-electron chi connectivity index (χ0n) is 10.3. The number of halogens is 4. The van der Waals surface area contributed by atoms with Crippen LogP contribution in [0, 0.1) is 5.82 Å². The molecule has 106 valence electrons. The number of benzene rings is 2. The van der Waals surface area contributed by atoms with Crippen molar-refractivity contribution in [2.75, 3.05) is 6.54 Å². The van der Waals surface area contributed by atoms with Gasteiger partial charge in [0.15, 0.2) is 0 Å². The Morgan fingerprint density at radius 3 is 2.55 bits per heavy atom. The molecule has 0 saturated carbocycles. The molecule has 2 N–H and O–H groups in total. The first-order valence-electron chi connectivity index (χ1n) is 5.81. The predicted octanol–water partition coefficient (Wildman–Crippen LogP) is 5.19. The number of ether oxygens (including phenoxy) is 1. The fourth-order valence-corrected chi connectivity index (χ4v) is 2.53. The molecule has 20 heavy (non-hydrogen) atoms. The van der Waals surface area contributed by atoms with Gasteiger partial charge in [0.05, 0.1) is 10.0 Å². The number of hydrogen-bond donors (Lipinski definition) is 1. The van der Waals surface area contributed by atoms with Crippen molar-refractivity contribution in [2.24, 2.45) is 5.73 Å². The molecule has 0 bridgehead atoms. The van der Waals surface area contributed by atoms with E-state index in [-0.39, 0.29) is 5.82 Å². The highest BCUT2D eigenvalue weighted by Crippen LogP contribution is 2.36. The van der Waals surface area contributed by atoms with Gasteiger partial charge in [-0.15, -0.1) is 0 Å². The van der Waals surface area contributed by atoms with Gasteiger partial charge in [-0.25, -0.2) is 4.39 Å². The second-order valence-corrected chi connectivity index (χ2v) is 5.80. The molecule has 0 radical (unpaired) electrons. The highest BCUT2D eigenvalue weighted by atomic mass is 79.9. The maximum Gasteiger partial charge on any atom is 0.147 e. The third-order valence-corrected chi connectivity index (χ3v) is 4.06. The van der Waals surface area contributed by atoms with Crippen LogP contribution >= 0.6 is 39.1 Å². The molecule has 2 rings (SSSR count). The van der Waals surface area contributed by atoms with Gasteiger partial charge >= 0.3 is 0 Å². The molecule has 6 heteroatoms. The van der Waals surface area contributed by atoms with Gasteiger partial charge in [0.25, 0.3) is 0 Å². The van der Waals surface area contributed by atoms with Crippen LogP contribution in [0.25, 0.3) is 0 Å². The van der Waals surface area contributed by atoms with E-state index in [0.29, 0.717) is 39.0 Å². The van der Waals surface area contributed by atoms with Gasteiger partial charge in [0.1, 0.15) is 17.3 Å². The van der Waals surface area contributed by atoms with Crippen LogP contribution in [-0.2, 0) is 6.42 Å². The summed E-state index contributed by atoms with van der Waals surface area (Å²) >= 11 is 15.3. The Morgan fingerprint density at radius 1 is 1.10 bits per heavy atom. The summed E-state index contributed by atoms with van der Waals surface area (Å²) in [6, 6.07) is 7.63. The van der Waals surface area contributed by atoms with E-state index in [0.717, 1.165) is 5.56 Å². The summed E-state index contributed by atoms with van der Waals surface area (Å²) in [5.41, 5.74) is 6.23. The van der Waals surface area contributed by atoms with Crippen molar-refractivity contribution in [3.8, 4) is 11.5 Å². The molecular weight excluding hydrogens is 368 g/mol. The van der Waals surface area contributed by atoms with Crippen LogP contribution in [0.4, 0.5) is 4.39 Å². The van der Waals surface area contributed by atoms with Crippen molar-refractivity contribution in [3.05, 3.63) is 56.2 Å². The van der Waals surface area contributed by atoms with Crippen molar-refractivity contribution in [1.82, 2.24) is 0 Å². The lowest BCUT2D eigenvalue weighted by molar-refractivity contribution is 0.476. The van der Waals surface area contributed by atoms with Crippen molar-refractivity contribution in [1.29, 1.82) is 0 Å². The summed E-state index contributed by atoms with van der Waals surface area (Å²) in [5, 5.41) is 0.842. The zero-order chi connectivity index (χ0) is 14.7. The molecule has 2 aromatic carbocycles. The summed E-state index contributed by atoms with van der Waals surface area (Å²) in [6.45, 7) is 0.438. The first-order chi connectivity index (χ1) is 9.49. The first-order valence-corrected chi connectivity index (χ1v) is 7.36. The first kappa shape index (κ1) is 15.6. The molecule has 0 aliphatic rings. The number of rotatable bonds is 4. The van der Waals surface area contributed by atoms with E-state index in [1.54, 1.807) is 18.2 Å². The van der Waals surface area contributed by atoms with Gasteiger partial charge in [-0.2, -0.15) is 0 Å². The van der Waals surface area contributed by atoms with Crippen LogP contribution < -0.4 is 10.5 Å². The third kappa shape index (κ3) is 3.85. The van der Waals surface area contributed by atoms with E-state index >= 15 is 0 Å². The average Bonchev–Trinajstić information content (AvgIpc) is 2.35. The van der Waals surface area contributed by atoms with Gasteiger partial charge in [0.2, 0.25) is 0 Å². The zero-order valence-corrected chi connectivity index (χ0v) is 13.4. The summed E-state index contributed by atoms with van der Waals surface area (Å²) in [5.74, 6) is 0.336. The van der Waals surface area contributed by atoms with E-state index in [4.69, 9.17) is 33.7 Å². The third-order valence-electron chi connectivity index (χ3n) is 2.57. The summed E-state index contributed by atoms with van der Waals surface area (Å²) in [7, 11) is 0. The Morgan fingerprint density at radius 2 is 1.85 bits per heavy atom. The summed E-state index contributed by atoms with van der Waals surface area (Å²) in [6.07, 6.45) is 0.572. The average molecular weight is 379 g/mol. The molecular formula is C14H11BrCl2FNO. The van der Waals surface area contributed by atoms with E-state index in [1.165, 1.54) is 12.1 Å². The highest BCUT2D eigenvalue weighted by molar-refractivity contribution is 9.10. The van der Waals surface area contributed by atoms with Crippen LogP contribution in [0.5, 0.6) is 11.5 Å². The normalized spacial score (nSPS) is 10.7. The van der Waals surface area contributed by atoms with Gasteiger partial charge in [-0.05, 0) is 52.7 Å². The maximum atomic E-state index is 13.5. The maximum absolute atomic E-state index is 13.5. The monoisotopic (exact) mass is 377 g/mol. The number of hydrogen-bond acceptors (Lipinski definition) is 2. The molecule has 0 saturated heterocycles. The Hall–Kier alpha value is -0.810. The van der Waals surface area contributed by atoms with E-state index < -0.39 is 0 Å². The molecule has 0 amide bonds. The minimum atomic E-state index is -0.384. The van der Waals surface area contributed by atoms with Crippen LogP contribution in [0.2, 0.25) is 10.0 Å². The molecule has 0 aliphatic heterocycles. The molecule has 0 unspecified atom stereocenters. The standard InChI is InChI=1S/C14H11BrCl2FNO/c15-11-6-13(17)14(7-12(11)16)20-10-4-8(1-2-19)3-9(18)5-10/h3-7H,1-2,19H2. The lowest BCUT2D eigenvalue weighted by Gasteiger charge is -2.10. The van der Waals surface area contributed by atoms with E-state index in [9.17, 15) is 4.39 Å². The molecule has 2 aromatic rings. The molecule has 0 aliphatic carbocycles. The van der Waals surface area contributed by atoms with Crippen molar-refractivity contribution in [3.63, 3.8) is 0 Å². The van der Waals surface area contributed by atoms with Crippen molar-refractivity contribution in [2.45, 2.75) is 6.42 Å². The molecule has 0 fully saturated rings. The fraction of sp³-hybridized carbons (Fsp3) is 0.143. The quantitative estimate of drug-likeness (QED) is 0.743. The lowest BCUT2D eigenvalue weighted by atomic mass is 10.1. The van der Waals surface area contributed by atoms with Gasteiger partial charge in [0, 0.05) is 16.6 Å². The highest BCUT2D eigenvalue weighted by Gasteiger charge is 2.09. The lowest BCUT2D eigenvalue weighted by Crippen LogP contribution is -2.03. The smallest absolute Gasteiger partial charge is 0.147 e. The second-order valence-electron chi connectivity index (χ2n) is 4.13. The number of nitrogens with two attached hydrogens (primary N) is 1. The van der Waals surface area contributed by atoms with Gasteiger partial charge in [-0.3, -0.25) is 0 Å². The van der Waals surface area contributed by atoms with Gasteiger partial charge in [-0.1, -0.05) is 23.2 Å². The Labute approximate surface area is 134 Å². The molecule has 0 spiro atoms. The minimum absolute atomic E-state index is 0.355. The fourth-order valence-electron chi connectivity index (χ4n) is 1.70.